The van der Waals surface area contributed by atoms with Crippen LogP contribution in [0, 0.1) is 0 Å². The van der Waals surface area contributed by atoms with Crippen molar-refractivity contribution in [3.8, 4) is 5.75 Å². The minimum Gasteiger partial charge on any atom is -0.479 e. The van der Waals surface area contributed by atoms with Gasteiger partial charge in [0.25, 0.3) is 0 Å². The van der Waals surface area contributed by atoms with Gasteiger partial charge >= 0.3 is 24.1 Å². The zero-order chi connectivity index (χ0) is 19.4. The Balaban J connectivity index is 3.09. The number of hydrogen-bond acceptors (Lipinski definition) is 5. The molecule has 25 heavy (non-hydrogen) atoms. The van der Waals surface area contributed by atoms with Crippen LogP contribution in [-0.2, 0) is 16.0 Å². The molecule has 134 valence electrons. The zero-order valence-electron chi connectivity index (χ0n) is 13.6. The van der Waals surface area contributed by atoms with E-state index in [1.54, 1.807) is 0 Å². The number of ether oxygens (including phenoxy) is 1. The van der Waals surface area contributed by atoms with Crippen LogP contribution in [0.1, 0.15) is 19.4 Å². The monoisotopic (exact) mass is 351 g/mol. The van der Waals surface area contributed by atoms with Gasteiger partial charge in [0.15, 0.2) is 5.54 Å². The maximum Gasteiger partial charge on any atom is 0.417 e. The van der Waals surface area contributed by atoms with Crippen molar-refractivity contribution in [2.75, 3.05) is 0 Å². The topological polar surface area (TPSA) is 141 Å². The Morgan fingerprint density at radius 1 is 1.08 bits per heavy atom. The molecule has 1 atom stereocenters. The number of amides is 2. The highest BCUT2D eigenvalue weighted by Crippen LogP contribution is 2.24. The highest BCUT2D eigenvalue weighted by atomic mass is 16.5. The number of nitrogens with zero attached hydrogens (tertiary/aromatic N) is 1. The third-order valence-corrected chi connectivity index (χ3v) is 3.37. The average molecular weight is 351 g/mol. The minimum atomic E-state index is -2.23. The van der Waals surface area contributed by atoms with Gasteiger partial charge in [0.1, 0.15) is 5.75 Å². The molecule has 0 bridgehead atoms. The summed E-state index contributed by atoms with van der Waals surface area (Å²) in [6, 6.07) is 5.57. The second-order valence-corrected chi connectivity index (χ2v) is 5.47. The fraction of sp³-hybridized carbons (Fsp3) is 0.250. The SMILES string of the molecule is C=C(C)C(=O)Oc1ccc(C[C@@](C)(C(=O)O)N(C(=O)O)C(=O)O)cc1. The molecule has 0 unspecified atom stereocenters. The Morgan fingerprint density at radius 2 is 1.56 bits per heavy atom. The minimum absolute atomic E-state index is 0.162. The predicted octanol–water partition coefficient (Wildman–Crippen LogP) is 2.21. The molecule has 0 aliphatic carbocycles. The first-order valence-electron chi connectivity index (χ1n) is 6.95. The van der Waals surface area contributed by atoms with Crippen LogP contribution >= 0.6 is 0 Å². The van der Waals surface area contributed by atoms with Crippen LogP contribution in [0.5, 0.6) is 5.75 Å². The van der Waals surface area contributed by atoms with E-state index in [0.717, 1.165) is 6.92 Å². The van der Waals surface area contributed by atoms with Gasteiger partial charge in [-0.05, 0) is 31.5 Å². The first-order valence-corrected chi connectivity index (χ1v) is 6.95. The Kier molecular flexibility index (Phi) is 5.88. The van der Waals surface area contributed by atoms with E-state index in [2.05, 4.69) is 6.58 Å². The van der Waals surface area contributed by atoms with E-state index in [-0.39, 0.29) is 16.2 Å². The van der Waals surface area contributed by atoms with E-state index in [9.17, 15) is 24.3 Å². The van der Waals surface area contributed by atoms with E-state index < -0.39 is 36.1 Å². The lowest BCUT2D eigenvalue weighted by Gasteiger charge is -2.32. The van der Waals surface area contributed by atoms with E-state index in [0.29, 0.717) is 5.56 Å². The summed E-state index contributed by atoms with van der Waals surface area (Å²) in [4.78, 5) is 45.0. The Labute approximate surface area is 142 Å². The van der Waals surface area contributed by atoms with E-state index >= 15 is 0 Å². The lowest BCUT2D eigenvalue weighted by Crippen LogP contribution is -2.58. The number of aliphatic carboxylic acids is 1. The molecule has 0 fully saturated rings. The highest BCUT2D eigenvalue weighted by Gasteiger charge is 2.46. The van der Waals surface area contributed by atoms with Crippen molar-refractivity contribution in [2.45, 2.75) is 25.8 Å². The molecule has 1 aromatic carbocycles. The summed E-state index contributed by atoms with van der Waals surface area (Å²) in [6.07, 6.45) is -4.20. The summed E-state index contributed by atoms with van der Waals surface area (Å²) >= 11 is 0. The van der Waals surface area contributed by atoms with Crippen molar-refractivity contribution >= 4 is 24.1 Å². The van der Waals surface area contributed by atoms with Crippen LogP contribution < -0.4 is 4.74 Å². The number of rotatable bonds is 6. The molecular formula is C16H17NO8. The molecule has 1 aromatic rings. The molecule has 2 amide bonds. The Hall–Kier alpha value is -3.36. The first kappa shape index (κ1) is 19.7. The number of imide groups is 1. The molecule has 0 aliphatic rings. The number of carbonyl (C=O) groups excluding carboxylic acids is 1. The van der Waals surface area contributed by atoms with Gasteiger partial charge in [-0.2, -0.15) is 4.90 Å². The summed E-state index contributed by atoms with van der Waals surface area (Å²) in [7, 11) is 0. The van der Waals surface area contributed by atoms with Crippen LogP contribution in [0.3, 0.4) is 0 Å². The number of esters is 1. The van der Waals surface area contributed by atoms with E-state index in [1.807, 2.05) is 0 Å². The molecule has 0 saturated heterocycles. The first-order chi connectivity index (χ1) is 11.5. The molecule has 0 aliphatic heterocycles. The van der Waals surface area contributed by atoms with Gasteiger partial charge in [-0.15, -0.1) is 0 Å². The molecular weight excluding hydrogens is 334 g/mol. The largest absolute Gasteiger partial charge is 0.479 e. The molecule has 0 heterocycles. The normalized spacial score (nSPS) is 12.6. The molecule has 9 heteroatoms. The van der Waals surface area contributed by atoms with Crippen molar-refractivity contribution in [1.82, 2.24) is 4.90 Å². The second kappa shape index (κ2) is 7.47. The van der Waals surface area contributed by atoms with E-state index in [4.69, 9.17) is 14.9 Å². The molecule has 1 rings (SSSR count). The van der Waals surface area contributed by atoms with E-state index in [1.165, 1.54) is 31.2 Å². The van der Waals surface area contributed by atoms with Gasteiger partial charge in [0, 0.05) is 12.0 Å². The predicted molar refractivity (Wildman–Crippen MR) is 84.5 cm³/mol. The third-order valence-electron chi connectivity index (χ3n) is 3.37. The van der Waals surface area contributed by atoms with Crippen molar-refractivity contribution in [3.05, 3.63) is 42.0 Å². The smallest absolute Gasteiger partial charge is 0.417 e. The Bertz CT molecular complexity index is 710. The van der Waals surface area contributed by atoms with Crippen LogP contribution in [0.4, 0.5) is 9.59 Å². The zero-order valence-corrected chi connectivity index (χ0v) is 13.6. The van der Waals surface area contributed by atoms with Crippen LogP contribution in [0.15, 0.2) is 36.4 Å². The van der Waals surface area contributed by atoms with Gasteiger partial charge in [-0.25, -0.2) is 19.2 Å². The van der Waals surface area contributed by atoms with Crippen molar-refractivity contribution in [2.24, 2.45) is 0 Å². The van der Waals surface area contributed by atoms with Crippen LogP contribution in [0.25, 0.3) is 0 Å². The van der Waals surface area contributed by atoms with Crippen molar-refractivity contribution < 1.29 is 39.2 Å². The fourth-order valence-electron chi connectivity index (χ4n) is 2.02. The van der Waals surface area contributed by atoms with Crippen LogP contribution in [0.2, 0.25) is 0 Å². The number of hydrogen-bond donors (Lipinski definition) is 3. The molecule has 9 nitrogen and oxygen atoms in total. The third kappa shape index (κ3) is 4.56. The fourth-order valence-corrected chi connectivity index (χ4v) is 2.02. The molecule has 0 saturated carbocycles. The van der Waals surface area contributed by atoms with Gasteiger partial charge in [0.05, 0.1) is 0 Å². The summed E-state index contributed by atoms with van der Waals surface area (Å²) < 4.78 is 4.98. The summed E-state index contributed by atoms with van der Waals surface area (Å²) in [5, 5.41) is 27.4. The van der Waals surface area contributed by atoms with Gasteiger partial charge in [-0.3, -0.25) is 0 Å². The van der Waals surface area contributed by atoms with Gasteiger partial charge in [-0.1, -0.05) is 18.7 Å². The number of benzene rings is 1. The summed E-state index contributed by atoms with van der Waals surface area (Å²) in [5.74, 6) is -2.07. The van der Waals surface area contributed by atoms with Gasteiger partial charge in [0.2, 0.25) is 0 Å². The maximum absolute atomic E-state index is 11.5. The molecule has 0 spiro atoms. The van der Waals surface area contributed by atoms with Crippen LogP contribution in [-0.4, -0.2) is 49.9 Å². The molecule has 0 aromatic heterocycles. The summed E-state index contributed by atoms with van der Waals surface area (Å²) in [6.45, 7) is 5.90. The number of carboxylic acid groups (broad SMARTS) is 3. The van der Waals surface area contributed by atoms with Gasteiger partial charge < -0.3 is 20.1 Å². The lowest BCUT2D eigenvalue weighted by molar-refractivity contribution is -0.148. The van der Waals surface area contributed by atoms with Crippen molar-refractivity contribution in [3.63, 3.8) is 0 Å². The standard InChI is InChI=1S/C16H17NO8/c1-9(2)12(18)25-11-6-4-10(5-7-11)8-16(3,13(19)20)17(14(21)22)15(23)24/h4-7H,1,8H2,2-3H3,(H,19,20)(H,21,22)(H,23,24)/t16-/m0/s1. The second-order valence-electron chi connectivity index (χ2n) is 5.47. The highest BCUT2D eigenvalue weighted by molar-refractivity contribution is 5.94. The number of carbonyl (C=O) groups is 4. The quantitative estimate of drug-likeness (QED) is 0.402. The Morgan fingerprint density at radius 3 is 1.92 bits per heavy atom. The average Bonchev–Trinajstić information content (AvgIpc) is 2.48. The molecule has 0 radical (unpaired) electrons. The van der Waals surface area contributed by atoms with Crippen molar-refractivity contribution in [1.29, 1.82) is 0 Å². The lowest BCUT2D eigenvalue weighted by atomic mass is 9.91. The number of carboxylic acids is 1. The maximum atomic E-state index is 11.5. The summed E-state index contributed by atoms with van der Waals surface area (Å²) in [5.41, 5.74) is -1.69. The molecule has 3 N–H and O–H groups in total.